The van der Waals surface area contributed by atoms with Gasteiger partial charge in [-0.2, -0.15) is 13.2 Å². The Bertz CT molecular complexity index is 565. The van der Waals surface area contributed by atoms with Crippen LogP contribution >= 0.6 is 0 Å². The fourth-order valence-corrected chi connectivity index (χ4v) is 1.50. The highest BCUT2D eigenvalue weighted by Crippen LogP contribution is 2.32. The van der Waals surface area contributed by atoms with Crippen molar-refractivity contribution in [3.05, 3.63) is 35.7 Å². The van der Waals surface area contributed by atoms with E-state index in [1.807, 2.05) is 6.92 Å². The first-order valence-corrected chi connectivity index (χ1v) is 5.68. The molecular formula is C12H12F3N3O. The van der Waals surface area contributed by atoms with E-state index in [4.69, 9.17) is 10.2 Å². The number of hydrogen-bond donors (Lipinski definition) is 1. The zero-order valence-electron chi connectivity index (χ0n) is 10.1. The van der Waals surface area contributed by atoms with Crippen molar-refractivity contribution in [3.8, 4) is 11.5 Å². The summed E-state index contributed by atoms with van der Waals surface area (Å²) in [5.74, 6) is 0.250. The van der Waals surface area contributed by atoms with Crippen molar-refractivity contribution in [3.63, 3.8) is 0 Å². The van der Waals surface area contributed by atoms with Gasteiger partial charge in [-0.05, 0) is 24.6 Å². The lowest BCUT2D eigenvalue weighted by Gasteiger charge is -2.06. The van der Waals surface area contributed by atoms with Crippen LogP contribution in [0, 0.1) is 0 Å². The van der Waals surface area contributed by atoms with Crippen molar-refractivity contribution in [2.45, 2.75) is 25.6 Å². The average molecular weight is 271 g/mol. The van der Waals surface area contributed by atoms with Crippen LogP contribution in [0.2, 0.25) is 0 Å². The van der Waals surface area contributed by atoms with Crippen LogP contribution in [-0.4, -0.2) is 10.2 Å². The van der Waals surface area contributed by atoms with E-state index in [0.29, 0.717) is 6.42 Å². The molecule has 1 heterocycles. The quantitative estimate of drug-likeness (QED) is 0.931. The standard InChI is InChI=1S/C12H12F3N3O/c1-2-9(16)11-18-17-10(19-11)7-4-3-5-8(6-7)12(13,14)15/h3-6,9H,2,16H2,1H3. The van der Waals surface area contributed by atoms with Crippen molar-refractivity contribution in [2.75, 3.05) is 0 Å². The van der Waals surface area contributed by atoms with Gasteiger partial charge in [0.25, 0.3) is 0 Å². The number of aromatic nitrogens is 2. The van der Waals surface area contributed by atoms with Crippen molar-refractivity contribution in [2.24, 2.45) is 5.73 Å². The highest BCUT2D eigenvalue weighted by Gasteiger charge is 2.30. The van der Waals surface area contributed by atoms with Crippen molar-refractivity contribution < 1.29 is 17.6 Å². The van der Waals surface area contributed by atoms with Gasteiger partial charge in [0.05, 0.1) is 11.6 Å². The molecule has 0 radical (unpaired) electrons. The second-order valence-corrected chi connectivity index (χ2v) is 4.04. The summed E-state index contributed by atoms with van der Waals surface area (Å²) >= 11 is 0. The van der Waals surface area contributed by atoms with Gasteiger partial charge in [-0.3, -0.25) is 0 Å². The van der Waals surface area contributed by atoms with Gasteiger partial charge in [-0.25, -0.2) is 0 Å². The maximum absolute atomic E-state index is 12.6. The monoisotopic (exact) mass is 271 g/mol. The Labute approximate surface area is 107 Å². The Morgan fingerprint density at radius 2 is 2.05 bits per heavy atom. The summed E-state index contributed by atoms with van der Waals surface area (Å²) in [6.45, 7) is 1.85. The van der Waals surface area contributed by atoms with Crippen molar-refractivity contribution >= 4 is 0 Å². The number of halogens is 3. The molecule has 0 saturated heterocycles. The summed E-state index contributed by atoms with van der Waals surface area (Å²) in [7, 11) is 0. The van der Waals surface area contributed by atoms with Gasteiger partial charge in [0, 0.05) is 5.56 Å². The van der Waals surface area contributed by atoms with Gasteiger partial charge in [0.1, 0.15) is 0 Å². The molecule has 1 atom stereocenters. The number of hydrogen-bond acceptors (Lipinski definition) is 4. The summed E-state index contributed by atoms with van der Waals surface area (Å²) < 4.78 is 43.0. The summed E-state index contributed by atoms with van der Waals surface area (Å²) in [6.07, 6.45) is -3.80. The Morgan fingerprint density at radius 3 is 2.68 bits per heavy atom. The average Bonchev–Trinajstić information content (AvgIpc) is 2.86. The van der Waals surface area contributed by atoms with E-state index in [0.717, 1.165) is 12.1 Å². The van der Waals surface area contributed by atoms with E-state index in [-0.39, 0.29) is 17.3 Å². The van der Waals surface area contributed by atoms with E-state index in [2.05, 4.69) is 10.2 Å². The molecule has 1 aromatic heterocycles. The van der Waals surface area contributed by atoms with Crippen molar-refractivity contribution in [1.29, 1.82) is 0 Å². The molecule has 102 valence electrons. The van der Waals surface area contributed by atoms with Crippen LogP contribution in [0.15, 0.2) is 28.7 Å². The third kappa shape index (κ3) is 2.93. The minimum Gasteiger partial charge on any atom is -0.419 e. The van der Waals surface area contributed by atoms with Gasteiger partial charge in [0.2, 0.25) is 11.8 Å². The fourth-order valence-electron chi connectivity index (χ4n) is 1.50. The van der Waals surface area contributed by atoms with Crippen LogP contribution in [0.3, 0.4) is 0 Å². The smallest absolute Gasteiger partial charge is 0.416 e. The Kier molecular flexibility index (Phi) is 3.57. The van der Waals surface area contributed by atoms with Gasteiger partial charge in [-0.15, -0.1) is 10.2 Å². The normalized spacial score (nSPS) is 13.5. The van der Waals surface area contributed by atoms with Gasteiger partial charge in [-0.1, -0.05) is 13.0 Å². The third-order valence-electron chi connectivity index (χ3n) is 2.63. The third-order valence-corrected chi connectivity index (χ3v) is 2.63. The lowest BCUT2D eigenvalue weighted by atomic mass is 10.1. The number of nitrogens with two attached hydrogens (primary N) is 1. The molecule has 0 amide bonds. The van der Waals surface area contributed by atoms with Crippen LogP contribution in [0.5, 0.6) is 0 Å². The molecule has 1 unspecified atom stereocenters. The zero-order valence-corrected chi connectivity index (χ0v) is 10.1. The number of alkyl halides is 3. The van der Waals surface area contributed by atoms with Gasteiger partial charge >= 0.3 is 6.18 Å². The summed E-state index contributed by atoms with van der Waals surface area (Å²) in [4.78, 5) is 0. The van der Waals surface area contributed by atoms with E-state index in [1.165, 1.54) is 12.1 Å². The summed E-state index contributed by atoms with van der Waals surface area (Å²) in [5.41, 5.74) is 5.17. The van der Waals surface area contributed by atoms with Crippen molar-refractivity contribution in [1.82, 2.24) is 10.2 Å². The number of benzene rings is 1. The lowest BCUT2D eigenvalue weighted by Crippen LogP contribution is -2.08. The maximum atomic E-state index is 12.6. The molecule has 7 heteroatoms. The van der Waals surface area contributed by atoms with Crippen LogP contribution in [0.4, 0.5) is 13.2 Å². The van der Waals surface area contributed by atoms with Gasteiger partial charge in [0.15, 0.2) is 0 Å². The van der Waals surface area contributed by atoms with Gasteiger partial charge < -0.3 is 10.2 Å². The minimum atomic E-state index is -4.40. The minimum absolute atomic E-state index is 0.0324. The van der Waals surface area contributed by atoms with Crippen LogP contribution in [-0.2, 0) is 6.18 Å². The summed E-state index contributed by atoms with van der Waals surface area (Å²) in [6, 6.07) is 4.31. The number of nitrogens with zero attached hydrogens (tertiary/aromatic N) is 2. The first kappa shape index (κ1) is 13.5. The molecule has 0 saturated carbocycles. The highest BCUT2D eigenvalue weighted by molar-refractivity contribution is 5.54. The first-order valence-electron chi connectivity index (χ1n) is 5.68. The lowest BCUT2D eigenvalue weighted by molar-refractivity contribution is -0.137. The predicted octanol–water partition coefficient (Wildman–Crippen LogP) is 3.17. The van der Waals surface area contributed by atoms with E-state index in [1.54, 1.807) is 0 Å². The van der Waals surface area contributed by atoms with Crippen LogP contribution < -0.4 is 5.73 Å². The molecule has 0 spiro atoms. The molecule has 4 nitrogen and oxygen atoms in total. The van der Waals surface area contributed by atoms with Crippen LogP contribution in [0.1, 0.15) is 30.8 Å². The largest absolute Gasteiger partial charge is 0.419 e. The molecule has 0 fully saturated rings. The molecule has 0 aliphatic heterocycles. The second kappa shape index (κ2) is 5.00. The Hall–Kier alpha value is -1.89. The van der Waals surface area contributed by atoms with E-state index in [9.17, 15) is 13.2 Å². The second-order valence-electron chi connectivity index (χ2n) is 4.04. The van der Waals surface area contributed by atoms with Crippen LogP contribution in [0.25, 0.3) is 11.5 Å². The molecule has 1 aromatic carbocycles. The Morgan fingerprint density at radius 1 is 1.32 bits per heavy atom. The maximum Gasteiger partial charge on any atom is 0.416 e. The summed E-state index contributed by atoms with van der Waals surface area (Å²) in [5, 5.41) is 7.45. The molecule has 0 aliphatic carbocycles. The zero-order chi connectivity index (χ0) is 14.0. The van der Waals surface area contributed by atoms with E-state index < -0.39 is 17.8 Å². The molecule has 19 heavy (non-hydrogen) atoms. The SMILES string of the molecule is CCC(N)c1nnc(-c2cccc(C(F)(F)F)c2)o1. The van der Waals surface area contributed by atoms with E-state index >= 15 is 0 Å². The first-order chi connectivity index (χ1) is 8.91. The molecule has 0 aliphatic rings. The predicted molar refractivity (Wildman–Crippen MR) is 62.0 cm³/mol. The topological polar surface area (TPSA) is 64.9 Å². The fraction of sp³-hybridized carbons (Fsp3) is 0.333. The molecule has 0 bridgehead atoms. The molecule has 2 aromatic rings. The molecular weight excluding hydrogens is 259 g/mol. The highest BCUT2D eigenvalue weighted by atomic mass is 19.4. The Balaban J connectivity index is 2.34. The molecule has 2 rings (SSSR count). The number of rotatable bonds is 3. The molecule has 2 N–H and O–H groups in total.